The molecule has 2 rings (SSSR count). The van der Waals surface area contributed by atoms with Crippen molar-refractivity contribution in [3.05, 3.63) is 22.4 Å². The van der Waals surface area contributed by atoms with Gasteiger partial charge in [-0.2, -0.15) is 0 Å². The SMILES string of the molecule is CN=C(NCCCNC(=O)c1cccs1)NC1CC1. The van der Waals surface area contributed by atoms with E-state index >= 15 is 0 Å². The summed E-state index contributed by atoms with van der Waals surface area (Å²) in [6, 6.07) is 4.32. The Morgan fingerprint density at radius 1 is 1.42 bits per heavy atom. The summed E-state index contributed by atoms with van der Waals surface area (Å²) < 4.78 is 0. The highest BCUT2D eigenvalue weighted by molar-refractivity contribution is 7.12. The number of aliphatic imine (C=N–C) groups is 1. The Kier molecular flexibility index (Phi) is 5.20. The Morgan fingerprint density at radius 3 is 2.84 bits per heavy atom. The van der Waals surface area contributed by atoms with E-state index in [0.717, 1.165) is 23.8 Å². The second kappa shape index (κ2) is 7.13. The van der Waals surface area contributed by atoms with E-state index in [1.165, 1.54) is 24.2 Å². The smallest absolute Gasteiger partial charge is 0.261 e. The third kappa shape index (κ3) is 4.90. The molecule has 5 nitrogen and oxygen atoms in total. The standard InChI is InChI=1S/C13H20N4OS/c1-14-13(17-10-5-6-10)16-8-3-7-15-12(18)11-4-2-9-19-11/h2,4,9-10H,3,5-8H2,1H3,(H,15,18)(H2,14,16,17). The number of hydrogen-bond donors (Lipinski definition) is 3. The maximum atomic E-state index is 11.7. The van der Waals surface area contributed by atoms with Crippen LogP contribution in [-0.4, -0.2) is 38.0 Å². The molecule has 0 unspecified atom stereocenters. The summed E-state index contributed by atoms with van der Waals surface area (Å²) in [4.78, 5) is 16.6. The van der Waals surface area contributed by atoms with Gasteiger partial charge in [-0.1, -0.05) is 6.07 Å². The van der Waals surface area contributed by atoms with Crippen LogP contribution in [0.4, 0.5) is 0 Å². The van der Waals surface area contributed by atoms with E-state index in [4.69, 9.17) is 0 Å². The molecule has 0 bridgehead atoms. The molecule has 1 saturated carbocycles. The van der Waals surface area contributed by atoms with E-state index in [-0.39, 0.29) is 5.91 Å². The van der Waals surface area contributed by atoms with Crippen LogP contribution < -0.4 is 16.0 Å². The second-order valence-corrected chi connectivity index (χ2v) is 5.45. The molecule has 104 valence electrons. The van der Waals surface area contributed by atoms with Crippen molar-refractivity contribution < 1.29 is 4.79 Å². The molecule has 1 aliphatic rings. The number of guanidine groups is 1. The van der Waals surface area contributed by atoms with Crippen molar-refractivity contribution in [2.24, 2.45) is 4.99 Å². The lowest BCUT2D eigenvalue weighted by Gasteiger charge is -2.11. The van der Waals surface area contributed by atoms with Gasteiger partial charge in [0.05, 0.1) is 4.88 Å². The first-order valence-electron chi connectivity index (χ1n) is 6.58. The van der Waals surface area contributed by atoms with E-state index in [0.29, 0.717) is 12.6 Å². The van der Waals surface area contributed by atoms with Gasteiger partial charge in [-0.3, -0.25) is 9.79 Å². The van der Waals surface area contributed by atoms with Gasteiger partial charge in [0, 0.05) is 26.2 Å². The van der Waals surface area contributed by atoms with Gasteiger partial charge in [0.2, 0.25) is 0 Å². The fraction of sp³-hybridized carbons (Fsp3) is 0.538. The first kappa shape index (κ1) is 13.9. The number of nitrogens with zero attached hydrogens (tertiary/aromatic N) is 1. The summed E-state index contributed by atoms with van der Waals surface area (Å²) in [5.41, 5.74) is 0. The lowest BCUT2D eigenvalue weighted by atomic mass is 10.4. The fourth-order valence-electron chi connectivity index (χ4n) is 1.61. The zero-order chi connectivity index (χ0) is 13.5. The molecule has 19 heavy (non-hydrogen) atoms. The largest absolute Gasteiger partial charge is 0.356 e. The van der Waals surface area contributed by atoms with Crippen LogP contribution in [0.3, 0.4) is 0 Å². The summed E-state index contributed by atoms with van der Waals surface area (Å²) >= 11 is 1.46. The summed E-state index contributed by atoms with van der Waals surface area (Å²) in [7, 11) is 1.77. The molecule has 6 heteroatoms. The molecule has 1 aromatic heterocycles. The monoisotopic (exact) mass is 280 g/mol. The van der Waals surface area contributed by atoms with Crippen molar-refractivity contribution in [3.8, 4) is 0 Å². The molecule has 0 aliphatic heterocycles. The van der Waals surface area contributed by atoms with Crippen LogP contribution in [0, 0.1) is 0 Å². The Labute approximate surface area is 117 Å². The van der Waals surface area contributed by atoms with E-state index in [1.54, 1.807) is 7.05 Å². The topological polar surface area (TPSA) is 65.5 Å². The van der Waals surface area contributed by atoms with Gasteiger partial charge in [-0.15, -0.1) is 11.3 Å². The van der Waals surface area contributed by atoms with Crippen molar-refractivity contribution in [1.82, 2.24) is 16.0 Å². The molecule has 0 radical (unpaired) electrons. The minimum atomic E-state index is 0.00971. The Morgan fingerprint density at radius 2 is 2.21 bits per heavy atom. The van der Waals surface area contributed by atoms with Crippen LogP contribution >= 0.6 is 11.3 Å². The number of rotatable bonds is 6. The van der Waals surface area contributed by atoms with E-state index in [2.05, 4.69) is 20.9 Å². The highest BCUT2D eigenvalue weighted by Crippen LogP contribution is 2.18. The molecule has 0 saturated heterocycles. The molecule has 0 atom stereocenters. The Bertz CT molecular complexity index is 426. The van der Waals surface area contributed by atoms with Gasteiger partial charge in [0.25, 0.3) is 5.91 Å². The van der Waals surface area contributed by atoms with Crippen molar-refractivity contribution in [2.45, 2.75) is 25.3 Å². The van der Waals surface area contributed by atoms with E-state index < -0.39 is 0 Å². The van der Waals surface area contributed by atoms with Crippen molar-refractivity contribution in [3.63, 3.8) is 0 Å². The van der Waals surface area contributed by atoms with Gasteiger partial charge >= 0.3 is 0 Å². The van der Waals surface area contributed by atoms with Crippen LogP contribution in [0.2, 0.25) is 0 Å². The van der Waals surface area contributed by atoms with Gasteiger partial charge < -0.3 is 16.0 Å². The summed E-state index contributed by atoms with van der Waals surface area (Å²) in [6.07, 6.45) is 3.34. The predicted octanol–water partition coefficient (Wildman–Crippen LogP) is 1.20. The molecule has 1 aliphatic carbocycles. The van der Waals surface area contributed by atoms with Crippen LogP contribution in [0.15, 0.2) is 22.5 Å². The molecule has 0 spiro atoms. The molecular formula is C13H20N4OS. The van der Waals surface area contributed by atoms with Crippen molar-refractivity contribution in [2.75, 3.05) is 20.1 Å². The third-order valence-corrected chi connectivity index (χ3v) is 3.69. The first-order chi connectivity index (χ1) is 9.29. The van der Waals surface area contributed by atoms with Gasteiger partial charge in [0.1, 0.15) is 0 Å². The number of hydrogen-bond acceptors (Lipinski definition) is 3. The number of thiophene rings is 1. The number of carbonyl (C=O) groups excluding carboxylic acids is 1. The maximum absolute atomic E-state index is 11.7. The summed E-state index contributed by atoms with van der Waals surface area (Å²) in [5.74, 6) is 0.863. The highest BCUT2D eigenvalue weighted by Gasteiger charge is 2.21. The minimum absolute atomic E-state index is 0.00971. The van der Waals surface area contributed by atoms with Crippen LogP contribution in [0.5, 0.6) is 0 Å². The molecule has 3 N–H and O–H groups in total. The van der Waals surface area contributed by atoms with E-state index in [1.807, 2.05) is 17.5 Å². The normalized spacial score (nSPS) is 15.1. The second-order valence-electron chi connectivity index (χ2n) is 4.50. The zero-order valence-electron chi connectivity index (χ0n) is 11.1. The predicted molar refractivity (Wildman–Crippen MR) is 78.8 cm³/mol. The number of nitrogens with one attached hydrogen (secondary N) is 3. The van der Waals surface area contributed by atoms with E-state index in [9.17, 15) is 4.79 Å². The van der Waals surface area contributed by atoms with Crippen molar-refractivity contribution >= 4 is 23.2 Å². The van der Waals surface area contributed by atoms with Gasteiger partial charge in [0.15, 0.2) is 5.96 Å². The Hall–Kier alpha value is -1.56. The fourth-order valence-corrected chi connectivity index (χ4v) is 2.25. The molecule has 1 aromatic rings. The number of carbonyl (C=O) groups is 1. The number of amides is 1. The Balaban J connectivity index is 1.55. The molecule has 0 aromatic carbocycles. The molecular weight excluding hydrogens is 260 g/mol. The lowest BCUT2D eigenvalue weighted by Crippen LogP contribution is -2.39. The lowest BCUT2D eigenvalue weighted by molar-refractivity contribution is 0.0957. The quantitative estimate of drug-likeness (QED) is 0.417. The maximum Gasteiger partial charge on any atom is 0.261 e. The van der Waals surface area contributed by atoms with Gasteiger partial charge in [-0.25, -0.2) is 0 Å². The summed E-state index contributed by atoms with van der Waals surface area (Å²) in [5, 5.41) is 11.4. The molecule has 1 amide bonds. The molecule has 1 heterocycles. The zero-order valence-corrected chi connectivity index (χ0v) is 11.9. The average molecular weight is 280 g/mol. The van der Waals surface area contributed by atoms with Crippen LogP contribution in [0.1, 0.15) is 28.9 Å². The van der Waals surface area contributed by atoms with Crippen LogP contribution in [0.25, 0.3) is 0 Å². The summed E-state index contributed by atoms with van der Waals surface area (Å²) in [6.45, 7) is 1.47. The average Bonchev–Trinajstić information content (AvgIpc) is 3.06. The molecule has 1 fully saturated rings. The highest BCUT2D eigenvalue weighted by atomic mass is 32.1. The third-order valence-electron chi connectivity index (χ3n) is 2.82. The van der Waals surface area contributed by atoms with Crippen molar-refractivity contribution in [1.29, 1.82) is 0 Å². The first-order valence-corrected chi connectivity index (χ1v) is 7.46. The van der Waals surface area contributed by atoms with Gasteiger partial charge in [-0.05, 0) is 30.7 Å². The van der Waals surface area contributed by atoms with Crippen LogP contribution in [-0.2, 0) is 0 Å². The minimum Gasteiger partial charge on any atom is -0.356 e.